The van der Waals surface area contributed by atoms with Crippen LogP contribution < -0.4 is 5.32 Å². The van der Waals surface area contributed by atoms with E-state index < -0.39 is 0 Å². The number of halogens is 1. The van der Waals surface area contributed by atoms with Crippen LogP contribution in [0.3, 0.4) is 0 Å². The Kier molecular flexibility index (Phi) is 4.29. The van der Waals surface area contributed by atoms with Crippen molar-refractivity contribution in [1.82, 2.24) is 14.9 Å². The highest BCUT2D eigenvalue weighted by Gasteiger charge is 2.18. The van der Waals surface area contributed by atoms with Gasteiger partial charge in [0.15, 0.2) is 0 Å². The SMILES string of the molecule is Cc1noc(C)c1C(=O)Nc1ccnn1Cc1ccc(Br)cc1. The van der Waals surface area contributed by atoms with Crippen LogP contribution in [0.2, 0.25) is 0 Å². The first-order valence-corrected chi connectivity index (χ1v) is 7.84. The third-order valence-electron chi connectivity index (χ3n) is 3.46. The molecule has 3 rings (SSSR count). The lowest BCUT2D eigenvalue weighted by Gasteiger charge is -2.09. The van der Waals surface area contributed by atoms with Crippen molar-refractivity contribution >= 4 is 27.7 Å². The van der Waals surface area contributed by atoms with Gasteiger partial charge in [-0.1, -0.05) is 33.2 Å². The van der Waals surface area contributed by atoms with Gasteiger partial charge in [-0.15, -0.1) is 0 Å². The Hall–Kier alpha value is -2.41. The number of carbonyl (C=O) groups is 1. The van der Waals surface area contributed by atoms with E-state index in [2.05, 4.69) is 31.5 Å². The number of nitrogens with zero attached hydrogens (tertiary/aromatic N) is 3. The molecule has 1 aromatic carbocycles. The van der Waals surface area contributed by atoms with Crippen molar-refractivity contribution < 1.29 is 9.32 Å². The van der Waals surface area contributed by atoms with Crippen molar-refractivity contribution in [3.63, 3.8) is 0 Å². The molecule has 2 aromatic heterocycles. The number of amides is 1. The normalized spacial score (nSPS) is 10.7. The summed E-state index contributed by atoms with van der Waals surface area (Å²) in [5.41, 5.74) is 2.12. The number of aromatic nitrogens is 3. The number of benzene rings is 1. The zero-order valence-corrected chi connectivity index (χ0v) is 14.3. The molecule has 6 nitrogen and oxygen atoms in total. The van der Waals surface area contributed by atoms with Gasteiger partial charge in [0.1, 0.15) is 17.1 Å². The second-order valence-corrected chi connectivity index (χ2v) is 6.07. The number of anilines is 1. The Morgan fingerprint density at radius 1 is 1.26 bits per heavy atom. The van der Waals surface area contributed by atoms with Gasteiger partial charge in [-0.05, 0) is 31.5 Å². The molecule has 0 aliphatic carbocycles. The summed E-state index contributed by atoms with van der Waals surface area (Å²) in [6, 6.07) is 9.72. The minimum atomic E-state index is -0.251. The molecule has 1 N–H and O–H groups in total. The van der Waals surface area contributed by atoms with Gasteiger partial charge in [-0.2, -0.15) is 5.10 Å². The molecular formula is C16H15BrN4O2. The van der Waals surface area contributed by atoms with Crippen LogP contribution in [0.15, 0.2) is 45.5 Å². The van der Waals surface area contributed by atoms with Gasteiger partial charge >= 0.3 is 0 Å². The molecular weight excluding hydrogens is 360 g/mol. The average molecular weight is 375 g/mol. The van der Waals surface area contributed by atoms with E-state index in [1.807, 2.05) is 24.3 Å². The summed E-state index contributed by atoms with van der Waals surface area (Å²) < 4.78 is 7.79. The molecule has 0 saturated heterocycles. The third kappa shape index (κ3) is 3.34. The van der Waals surface area contributed by atoms with Crippen LogP contribution >= 0.6 is 15.9 Å². The summed E-state index contributed by atoms with van der Waals surface area (Å²) in [7, 11) is 0. The summed E-state index contributed by atoms with van der Waals surface area (Å²) >= 11 is 3.41. The van der Waals surface area contributed by atoms with E-state index in [1.54, 1.807) is 30.8 Å². The van der Waals surface area contributed by atoms with E-state index in [1.165, 1.54) is 0 Å². The van der Waals surface area contributed by atoms with Gasteiger partial charge in [0, 0.05) is 10.5 Å². The van der Waals surface area contributed by atoms with Crippen LogP contribution in [-0.2, 0) is 6.54 Å². The highest BCUT2D eigenvalue weighted by atomic mass is 79.9. The van der Waals surface area contributed by atoms with Crippen molar-refractivity contribution in [2.75, 3.05) is 5.32 Å². The van der Waals surface area contributed by atoms with Crippen molar-refractivity contribution in [1.29, 1.82) is 0 Å². The molecule has 3 aromatic rings. The lowest BCUT2D eigenvalue weighted by atomic mass is 10.2. The smallest absolute Gasteiger partial charge is 0.262 e. The molecule has 0 spiro atoms. The number of aryl methyl sites for hydroxylation is 2. The monoisotopic (exact) mass is 374 g/mol. The minimum Gasteiger partial charge on any atom is -0.361 e. The molecule has 7 heteroatoms. The van der Waals surface area contributed by atoms with Gasteiger partial charge in [-0.25, -0.2) is 4.68 Å². The van der Waals surface area contributed by atoms with Gasteiger partial charge < -0.3 is 9.84 Å². The first kappa shape index (κ1) is 15.5. The molecule has 0 saturated carbocycles. The van der Waals surface area contributed by atoms with E-state index in [0.29, 0.717) is 29.4 Å². The molecule has 0 aliphatic heterocycles. The van der Waals surface area contributed by atoms with Crippen LogP contribution in [0, 0.1) is 13.8 Å². The molecule has 0 radical (unpaired) electrons. The van der Waals surface area contributed by atoms with Crippen molar-refractivity contribution in [3.8, 4) is 0 Å². The third-order valence-corrected chi connectivity index (χ3v) is 3.99. The fraction of sp³-hybridized carbons (Fsp3) is 0.188. The van der Waals surface area contributed by atoms with E-state index in [9.17, 15) is 4.79 Å². The molecule has 0 unspecified atom stereocenters. The van der Waals surface area contributed by atoms with E-state index in [0.717, 1.165) is 10.0 Å². The highest BCUT2D eigenvalue weighted by Crippen LogP contribution is 2.17. The van der Waals surface area contributed by atoms with Crippen molar-refractivity contribution in [3.05, 3.63) is 63.6 Å². The average Bonchev–Trinajstić information content (AvgIpc) is 3.08. The van der Waals surface area contributed by atoms with Crippen molar-refractivity contribution in [2.45, 2.75) is 20.4 Å². The first-order valence-electron chi connectivity index (χ1n) is 7.05. The Morgan fingerprint density at radius 3 is 2.65 bits per heavy atom. The van der Waals surface area contributed by atoms with Crippen LogP contribution in [-0.4, -0.2) is 20.8 Å². The van der Waals surface area contributed by atoms with Crippen LogP contribution in [0.5, 0.6) is 0 Å². The lowest BCUT2D eigenvalue weighted by Crippen LogP contribution is -2.17. The number of carbonyl (C=O) groups excluding carboxylic acids is 1. The maximum atomic E-state index is 12.4. The Labute approximate surface area is 141 Å². The van der Waals surface area contributed by atoms with Gasteiger partial charge in [0.05, 0.1) is 18.4 Å². The first-order chi connectivity index (χ1) is 11.0. The van der Waals surface area contributed by atoms with Crippen molar-refractivity contribution in [2.24, 2.45) is 0 Å². The maximum Gasteiger partial charge on any atom is 0.262 e. The molecule has 0 fully saturated rings. The minimum absolute atomic E-state index is 0.251. The van der Waals surface area contributed by atoms with Crippen LogP contribution in [0.25, 0.3) is 0 Å². The second-order valence-electron chi connectivity index (χ2n) is 5.15. The zero-order valence-electron chi connectivity index (χ0n) is 12.7. The second kappa shape index (κ2) is 6.37. The van der Waals surface area contributed by atoms with E-state index in [4.69, 9.17) is 4.52 Å². The van der Waals surface area contributed by atoms with Crippen LogP contribution in [0.4, 0.5) is 5.82 Å². The summed E-state index contributed by atoms with van der Waals surface area (Å²) in [5, 5.41) is 10.9. The summed E-state index contributed by atoms with van der Waals surface area (Å²) in [4.78, 5) is 12.4. The quantitative estimate of drug-likeness (QED) is 0.757. The maximum absolute atomic E-state index is 12.4. The van der Waals surface area contributed by atoms with Gasteiger partial charge in [0.25, 0.3) is 5.91 Å². The number of rotatable bonds is 4. The molecule has 0 atom stereocenters. The Bertz CT molecular complexity index is 817. The van der Waals surface area contributed by atoms with Gasteiger partial charge in [0.2, 0.25) is 0 Å². The molecule has 23 heavy (non-hydrogen) atoms. The standard InChI is InChI=1S/C16H15BrN4O2/c1-10-15(11(2)23-20-10)16(22)19-14-7-8-18-21(14)9-12-3-5-13(17)6-4-12/h3-8H,9H2,1-2H3,(H,19,22). The zero-order chi connectivity index (χ0) is 16.4. The Morgan fingerprint density at radius 2 is 2.00 bits per heavy atom. The lowest BCUT2D eigenvalue weighted by molar-refractivity contribution is 0.102. The van der Waals surface area contributed by atoms with E-state index in [-0.39, 0.29) is 5.91 Å². The summed E-state index contributed by atoms with van der Waals surface area (Å²) in [6.45, 7) is 4.02. The highest BCUT2D eigenvalue weighted by molar-refractivity contribution is 9.10. The van der Waals surface area contributed by atoms with Gasteiger partial charge in [-0.3, -0.25) is 4.79 Å². The molecule has 1 amide bonds. The fourth-order valence-corrected chi connectivity index (χ4v) is 2.58. The molecule has 2 heterocycles. The summed E-state index contributed by atoms with van der Waals surface area (Å²) in [5.74, 6) is 0.871. The van der Waals surface area contributed by atoms with Crippen LogP contribution in [0.1, 0.15) is 27.4 Å². The number of hydrogen-bond donors (Lipinski definition) is 1. The number of hydrogen-bond acceptors (Lipinski definition) is 4. The fourth-order valence-electron chi connectivity index (χ4n) is 2.31. The number of nitrogens with one attached hydrogen (secondary N) is 1. The largest absolute Gasteiger partial charge is 0.361 e. The predicted octanol–water partition coefficient (Wildman–Crippen LogP) is 3.55. The molecule has 118 valence electrons. The predicted molar refractivity (Wildman–Crippen MR) is 89.4 cm³/mol. The summed E-state index contributed by atoms with van der Waals surface area (Å²) in [6.07, 6.45) is 1.65. The molecule has 0 bridgehead atoms. The molecule has 0 aliphatic rings. The van der Waals surface area contributed by atoms with E-state index >= 15 is 0 Å². The Balaban J connectivity index is 1.78. The topological polar surface area (TPSA) is 73.0 Å².